The highest BCUT2D eigenvalue weighted by atomic mass is 127. The van der Waals surface area contributed by atoms with Gasteiger partial charge in [0.25, 0.3) is 5.69 Å². The van der Waals surface area contributed by atoms with E-state index in [-0.39, 0.29) is 29.7 Å². The molecule has 182 valence electrons. The lowest BCUT2D eigenvalue weighted by atomic mass is 10.2. The summed E-state index contributed by atoms with van der Waals surface area (Å²) < 4.78 is 10.6. The van der Waals surface area contributed by atoms with Crippen LogP contribution in [-0.2, 0) is 17.8 Å². The number of nitrogens with one attached hydrogen (secondary N) is 1. The van der Waals surface area contributed by atoms with Gasteiger partial charge >= 0.3 is 0 Å². The second-order valence-corrected chi connectivity index (χ2v) is 7.73. The second kappa shape index (κ2) is 14.1. The lowest BCUT2D eigenvalue weighted by Crippen LogP contribution is -2.52. The van der Waals surface area contributed by atoms with Crippen LogP contribution in [0.3, 0.4) is 0 Å². The van der Waals surface area contributed by atoms with Crippen LogP contribution < -0.4 is 5.32 Å². The van der Waals surface area contributed by atoms with Crippen molar-refractivity contribution in [2.45, 2.75) is 33.4 Å². The minimum Gasteiger partial charge on any atom is -0.382 e. The summed E-state index contributed by atoms with van der Waals surface area (Å²) in [6, 6.07) is 8.52. The van der Waals surface area contributed by atoms with E-state index in [0.717, 1.165) is 68.7 Å². The number of nitrogens with zero attached hydrogens (tertiary/aromatic N) is 5. The third-order valence-corrected chi connectivity index (χ3v) is 5.25. The molecule has 2 heterocycles. The van der Waals surface area contributed by atoms with Crippen LogP contribution in [0.15, 0.2) is 39.8 Å². The maximum Gasteiger partial charge on any atom is 0.269 e. The van der Waals surface area contributed by atoms with E-state index in [2.05, 4.69) is 20.3 Å². The van der Waals surface area contributed by atoms with Crippen molar-refractivity contribution in [1.29, 1.82) is 0 Å². The van der Waals surface area contributed by atoms with Gasteiger partial charge in [-0.2, -0.15) is 0 Å². The summed E-state index contributed by atoms with van der Waals surface area (Å²) >= 11 is 0. The van der Waals surface area contributed by atoms with E-state index in [1.807, 2.05) is 19.9 Å². The zero-order valence-electron chi connectivity index (χ0n) is 19.2. The van der Waals surface area contributed by atoms with Gasteiger partial charge in [-0.1, -0.05) is 17.3 Å². The van der Waals surface area contributed by atoms with E-state index in [9.17, 15) is 10.1 Å². The van der Waals surface area contributed by atoms with Crippen molar-refractivity contribution in [1.82, 2.24) is 20.3 Å². The first-order chi connectivity index (χ1) is 15.5. The maximum absolute atomic E-state index is 10.9. The minimum atomic E-state index is -0.391. The molecule has 10 nitrogen and oxygen atoms in total. The molecule has 0 saturated carbocycles. The lowest BCUT2D eigenvalue weighted by molar-refractivity contribution is -0.384. The van der Waals surface area contributed by atoms with Crippen molar-refractivity contribution in [3.05, 3.63) is 57.5 Å². The predicted molar refractivity (Wildman–Crippen MR) is 137 cm³/mol. The zero-order valence-corrected chi connectivity index (χ0v) is 21.6. The third kappa shape index (κ3) is 8.89. The molecule has 1 aliphatic rings. The Kier molecular flexibility index (Phi) is 11.5. The number of ether oxygens (including phenoxy) is 1. The maximum atomic E-state index is 10.9. The molecular weight excluding hydrogens is 539 g/mol. The average Bonchev–Trinajstić information content (AvgIpc) is 3.21. The first-order valence-corrected chi connectivity index (χ1v) is 11.0. The summed E-state index contributed by atoms with van der Waals surface area (Å²) in [6.45, 7) is 10.9. The normalized spacial score (nSPS) is 14.7. The number of hydrogen-bond acceptors (Lipinski definition) is 7. The summed E-state index contributed by atoms with van der Waals surface area (Å²) in [6.07, 6.45) is 0.899. The third-order valence-electron chi connectivity index (χ3n) is 5.25. The number of non-ortho nitro benzene ring substituents is 1. The molecule has 11 heteroatoms. The first-order valence-electron chi connectivity index (χ1n) is 11.0. The molecule has 0 amide bonds. The summed E-state index contributed by atoms with van der Waals surface area (Å²) in [5.41, 5.74) is 1.98. The molecule has 1 saturated heterocycles. The molecule has 1 aromatic carbocycles. The molecule has 0 atom stereocenters. The van der Waals surface area contributed by atoms with E-state index >= 15 is 0 Å². The number of piperazine rings is 1. The van der Waals surface area contributed by atoms with E-state index in [1.165, 1.54) is 12.1 Å². The SMILES string of the molecule is CCOCCCNC(=NCc1ccc([N+](=O)[O-])cc1)N1CCN(Cc2cc(C)on2)CC1.I. The molecule has 33 heavy (non-hydrogen) atoms. The number of nitro benzene ring substituents is 1. The highest BCUT2D eigenvalue weighted by Crippen LogP contribution is 2.13. The number of guanidine groups is 1. The van der Waals surface area contributed by atoms with Crippen molar-refractivity contribution in [2.75, 3.05) is 45.9 Å². The van der Waals surface area contributed by atoms with Gasteiger partial charge in [-0.15, -0.1) is 24.0 Å². The molecule has 1 fully saturated rings. The average molecular weight is 572 g/mol. The van der Waals surface area contributed by atoms with Gasteiger partial charge in [-0.3, -0.25) is 15.0 Å². The number of aromatic nitrogens is 1. The molecule has 1 aromatic heterocycles. The molecule has 2 aromatic rings. The zero-order chi connectivity index (χ0) is 22.8. The van der Waals surface area contributed by atoms with Gasteiger partial charge in [0, 0.05) is 70.7 Å². The van der Waals surface area contributed by atoms with Crippen LogP contribution in [0.1, 0.15) is 30.4 Å². The Morgan fingerprint density at radius 2 is 2.00 bits per heavy atom. The van der Waals surface area contributed by atoms with Gasteiger partial charge in [0.05, 0.1) is 17.2 Å². The van der Waals surface area contributed by atoms with Crippen LogP contribution in [0.25, 0.3) is 0 Å². The fourth-order valence-electron chi connectivity index (χ4n) is 3.52. The van der Waals surface area contributed by atoms with E-state index < -0.39 is 4.92 Å². The van der Waals surface area contributed by atoms with Crippen molar-refractivity contribution in [3.63, 3.8) is 0 Å². The fourth-order valence-corrected chi connectivity index (χ4v) is 3.52. The largest absolute Gasteiger partial charge is 0.382 e. The molecule has 1 N–H and O–H groups in total. The van der Waals surface area contributed by atoms with Crippen LogP contribution in [-0.4, -0.2) is 71.8 Å². The van der Waals surface area contributed by atoms with Gasteiger partial charge in [-0.05, 0) is 25.8 Å². The standard InChI is InChI=1S/C22H32N6O4.HI/c1-3-31-14-4-9-23-22(24-16-19-5-7-21(8-6-19)28(29)30)27-12-10-26(11-13-27)17-20-15-18(2)32-25-20;/h5-8,15H,3-4,9-14,16-17H2,1-2H3,(H,23,24);1H. The molecule has 0 unspecified atom stereocenters. The van der Waals surface area contributed by atoms with Gasteiger partial charge in [0.1, 0.15) is 5.76 Å². The number of nitro groups is 1. The van der Waals surface area contributed by atoms with Crippen molar-refractivity contribution in [3.8, 4) is 0 Å². The minimum absolute atomic E-state index is 0. The number of halogens is 1. The highest BCUT2D eigenvalue weighted by molar-refractivity contribution is 14.0. The number of hydrogen-bond donors (Lipinski definition) is 1. The molecule has 1 aliphatic heterocycles. The van der Waals surface area contributed by atoms with Gasteiger partial charge in [-0.25, -0.2) is 4.99 Å². The molecule has 0 bridgehead atoms. The quantitative estimate of drug-likeness (QED) is 0.116. The number of aryl methyl sites for hydroxylation is 1. The number of benzene rings is 1. The van der Waals surface area contributed by atoms with Crippen molar-refractivity contribution < 1.29 is 14.2 Å². The van der Waals surface area contributed by atoms with Gasteiger partial charge < -0.3 is 19.5 Å². The van der Waals surface area contributed by atoms with Crippen LogP contribution in [0.5, 0.6) is 0 Å². The summed E-state index contributed by atoms with van der Waals surface area (Å²) in [7, 11) is 0. The van der Waals surface area contributed by atoms with Gasteiger partial charge in [0.2, 0.25) is 0 Å². The van der Waals surface area contributed by atoms with Gasteiger partial charge in [0.15, 0.2) is 5.96 Å². The first kappa shape index (κ1) is 27.0. The van der Waals surface area contributed by atoms with E-state index in [1.54, 1.807) is 12.1 Å². The summed E-state index contributed by atoms with van der Waals surface area (Å²) in [5, 5.41) is 18.4. The molecule has 0 radical (unpaired) electrons. The number of rotatable bonds is 10. The molecule has 0 spiro atoms. The Balaban J connectivity index is 0.00000385. The molecule has 3 rings (SSSR count). The second-order valence-electron chi connectivity index (χ2n) is 7.73. The van der Waals surface area contributed by atoms with Crippen LogP contribution >= 0.6 is 24.0 Å². The van der Waals surface area contributed by atoms with Crippen molar-refractivity contribution in [2.24, 2.45) is 4.99 Å². The van der Waals surface area contributed by atoms with Crippen LogP contribution in [0.4, 0.5) is 5.69 Å². The summed E-state index contributed by atoms with van der Waals surface area (Å²) in [4.78, 5) is 19.9. The Morgan fingerprint density at radius 3 is 2.61 bits per heavy atom. The smallest absolute Gasteiger partial charge is 0.269 e. The molecular formula is C22H33IN6O4. The Bertz CT molecular complexity index is 881. The van der Waals surface area contributed by atoms with E-state index in [0.29, 0.717) is 19.8 Å². The highest BCUT2D eigenvalue weighted by Gasteiger charge is 2.20. The Morgan fingerprint density at radius 1 is 1.27 bits per heavy atom. The Hall–Kier alpha value is -2.25. The monoisotopic (exact) mass is 572 g/mol. The van der Waals surface area contributed by atoms with Crippen molar-refractivity contribution >= 4 is 35.6 Å². The predicted octanol–water partition coefficient (Wildman–Crippen LogP) is 3.20. The number of aliphatic imine (C=N–C) groups is 1. The van der Waals surface area contributed by atoms with Crippen LogP contribution in [0.2, 0.25) is 0 Å². The fraction of sp³-hybridized carbons (Fsp3) is 0.545. The summed E-state index contributed by atoms with van der Waals surface area (Å²) in [5.74, 6) is 1.69. The lowest BCUT2D eigenvalue weighted by Gasteiger charge is -2.36. The topological polar surface area (TPSA) is 109 Å². The Labute approximate surface area is 211 Å². The van der Waals surface area contributed by atoms with E-state index in [4.69, 9.17) is 14.3 Å². The van der Waals surface area contributed by atoms with Crippen LogP contribution in [0, 0.1) is 17.0 Å². The molecule has 0 aliphatic carbocycles.